The van der Waals surface area contributed by atoms with Gasteiger partial charge in [-0.05, 0) is 44.2 Å². The average molecular weight is 432 g/mol. The standard InChI is InChI=1S/C26H29N3O3/c1-2-32-25(31)26(15-13-20-9-4-3-5-10-20)14-8-18-29(19-26)24(30)22-12-7-6-11-21(22)23-27-16-17-28-23/h3-7,9-12,16-17H,2,8,13-15,18-19H2,1H3,(H,27,28)/t26-/m0/s1. The molecule has 0 unspecified atom stereocenters. The summed E-state index contributed by atoms with van der Waals surface area (Å²) in [6.45, 7) is 3.15. The molecule has 1 aromatic heterocycles. The first-order valence-electron chi connectivity index (χ1n) is 11.2. The SMILES string of the molecule is CCOC(=O)[C@]1(CCc2ccccc2)CCCN(C(=O)c2ccccc2-c2ncc[nH]2)C1. The van der Waals surface area contributed by atoms with Crippen molar-refractivity contribution in [2.75, 3.05) is 19.7 Å². The molecule has 1 aliphatic heterocycles. The molecule has 166 valence electrons. The van der Waals surface area contributed by atoms with Crippen LogP contribution in [0.1, 0.15) is 42.1 Å². The number of aromatic amines is 1. The Kier molecular flexibility index (Phi) is 6.69. The van der Waals surface area contributed by atoms with E-state index in [1.165, 1.54) is 5.56 Å². The first-order valence-corrected chi connectivity index (χ1v) is 11.2. The Morgan fingerprint density at radius 3 is 2.66 bits per heavy atom. The number of imidazole rings is 1. The summed E-state index contributed by atoms with van der Waals surface area (Å²) in [4.78, 5) is 35.9. The second-order valence-electron chi connectivity index (χ2n) is 8.30. The molecule has 2 heterocycles. The van der Waals surface area contributed by atoms with Gasteiger partial charge in [0.25, 0.3) is 5.91 Å². The van der Waals surface area contributed by atoms with E-state index < -0.39 is 5.41 Å². The second-order valence-corrected chi connectivity index (χ2v) is 8.30. The van der Waals surface area contributed by atoms with Gasteiger partial charge < -0.3 is 14.6 Å². The zero-order chi connectivity index (χ0) is 22.4. The van der Waals surface area contributed by atoms with Crippen molar-refractivity contribution >= 4 is 11.9 Å². The van der Waals surface area contributed by atoms with Crippen molar-refractivity contribution in [2.24, 2.45) is 5.41 Å². The van der Waals surface area contributed by atoms with Gasteiger partial charge in [0, 0.05) is 31.0 Å². The largest absolute Gasteiger partial charge is 0.466 e. The van der Waals surface area contributed by atoms with Gasteiger partial charge in [0.05, 0.1) is 17.6 Å². The molecule has 0 bridgehead atoms. The lowest BCUT2D eigenvalue weighted by molar-refractivity contribution is -0.159. The van der Waals surface area contributed by atoms with Crippen LogP contribution in [0.2, 0.25) is 0 Å². The Hall–Kier alpha value is -3.41. The van der Waals surface area contributed by atoms with Crippen molar-refractivity contribution in [3.05, 3.63) is 78.1 Å². The zero-order valence-corrected chi connectivity index (χ0v) is 18.4. The van der Waals surface area contributed by atoms with Gasteiger partial charge in [-0.1, -0.05) is 48.5 Å². The van der Waals surface area contributed by atoms with E-state index >= 15 is 0 Å². The third-order valence-corrected chi connectivity index (χ3v) is 6.22. The summed E-state index contributed by atoms with van der Waals surface area (Å²) >= 11 is 0. The predicted octanol–water partition coefficient (Wildman–Crippen LogP) is 4.50. The molecule has 1 saturated heterocycles. The summed E-state index contributed by atoms with van der Waals surface area (Å²) in [5, 5.41) is 0. The van der Waals surface area contributed by atoms with Crippen LogP contribution in [0.5, 0.6) is 0 Å². The normalized spacial score (nSPS) is 18.3. The van der Waals surface area contributed by atoms with Crippen LogP contribution >= 0.6 is 0 Å². The van der Waals surface area contributed by atoms with Crippen molar-refractivity contribution in [1.29, 1.82) is 0 Å². The summed E-state index contributed by atoms with van der Waals surface area (Å²) in [5.74, 6) is 0.379. The molecule has 0 saturated carbocycles. The number of H-pyrrole nitrogens is 1. The third-order valence-electron chi connectivity index (χ3n) is 6.22. The number of nitrogens with one attached hydrogen (secondary N) is 1. The van der Waals surface area contributed by atoms with Crippen molar-refractivity contribution in [1.82, 2.24) is 14.9 Å². The molecular formula is C26H29N3O3. The van der Waals surface area contributed by atoms with Gasteiger partial charge in [-0.15, -0.1) is 0 Å². The number of ether oxygens (including phenoxy) is 1. The maximum absolute atomic E-state index is 13.6. The van der Waals surface area contributed by atoms with Crippen molar-refractivity contribution in [2.45, 2.75) is 32.6 Å². The Morgan fingerprint density at radius 2 is 1.91 bits per heavy atom. The van der Waals surface area contributed by atoms with E-state index in [2.05, 4.69) is 22.1 Å². The minimum absolute atomic E-state index is 0.0786. The van der Waals surface area contributed by atoms with Gasteiger partial charge in [-0.3, -0.25) is 9.59 Å². The molecule has 0 radical (unpaired) electrons. The smallest absolute Gasteiger partial charge is 0.313 e. The Bertz CT molecular complexity index is 1050. The highest BCUT2D eigenvalue weighted by Gasteiger charge is 2.44. The Morgan fingerprint density at radius 1 is 1.12 bits per heavy atom. The summed E-state index contributed by atoms with van der Waals surface area (Å²) in [6, 6.07) is 17.6. The molecule has 3 aromatic rings. The highest BCUT2D eigenvalue weighted by molar-refractivity contribution is 6.00. The predicted molar refractivity (Wildman–Crippen MR) is 123 cm³/mol. The Balaban J connectivity index is 1.59. The number of esters is 1. The number of carbonyl (C=O) groups excluding carboxylic acids is 2. The van der Waals surface area contributed by atoms with E-state index in [0.717, 1.165) is 24.8 Å². The van der Waals surface area contributed by atoms with Crippen LogP contribution < -0.4 is 0 Å². The Labute approximate surface area is 188 Å². The number of aryl methyl sites for hydroxylation is 1. The second kappa shape index (κ2) is 9.81. The highest BCUT2D eigenvalue weighted by Crippen LogP contribution is 2.37. The fourth-order valence-corrected chi connectivity index (χ4v) is 4.55. The molecule has 1 fully saturated rings. The maximum Gasteiger partial charge on any atom is 0.313 e. The van der Waals surface area contributed by atoms with E-state index in [9.17, 15) is 9.59 Å². The highest BCUT2D eigenvalue weighted by atomic mass is 16.5. The lowest BCUT2D eigenvalue weighted by atomic mass is 9.75. The minimum atomic E-state index is -0.695. The fourth-order valence-electron chi connectivity index (χ4n) is 4.55. The number of hydrogen-bond donors (Lipinski definition) is 1. The van der Waals surface area contributed by atoms with E-state index in [4.69, 9.17) is 4.74 Å². The van der Waals surface area contributed by atoms with Crippen LogP contribution in [0.25, 0.3) is 11.4 Å². The topological polar surface area (TPSA) is 75.3 Å². The molecule has 1 atom stereocenters. The molecular weight excluding hydrogens is 402 g/mol. The minimum Gasteiger partial charge on any atom is -0.466 e. The number of amides is 1. The molecule has 32 heavy (non-hydrogen) atoms. The average Bonchev–Trinajstić information content (AvgIpc) is 3.38. The van der Waals surface area contributed by atoms with E-state index in [-0.39, 0.29) is 11.9 Å². The fraction of sp³-hybridized carbons (Fsp3) is 0.346. The van der Waals surface area contributed by atoms with Crippen molar-refractivity contribution in [3.8, 4) is 11.4 Å². The zero-order valence-electron chi connectivity index (χ0n) is 18.4. The molecule has 0 aliphatic carbocycles. The van der Waals surface area contributed by atoms with Gasteiger partial charge in [-0.25, -0.2) is 4.98 Å². The maximum atomic E-state index is 13.6. The number of carbonyl (C=O) groups is 2. The third kappa shape index (κ3) is 4.59. The van der Waals surface area contributed by atoms with Gasteiger partial charge >= 0.3 is 5.97 Å². The van der Waals surface area contributed by atoms with Crippen LogP contribution in [0, 0.1) is 5.41 Å². The van der Waals surface area contributed by atoms with Crippen LogP contribution in [0.3, 0.4) is 0 Å². The number of likely N-dealkylation sites (tertiary alicyclic amines) is 1. The summed E-state index contributed by atoms with van der Waals surface area (Å²) in [6.07, 6.45) is 6.33. The van der Waals surface area contributed by atoms with Gasteiger partial charge in [0.1, 0.15) is 5.82 Å². The molecule has 6 nitrogen and oxygen atoms in total. The van der Waals surface area contributed by atoms with Crippen LogP contribution in [0.15, 0.2) is 67.0 Å². The van der Waals surface area contributed by atoms with E-state index in [1.807, 2.05) is 54.3 Å². The lowest BCUT2D eigenvalue weighted by Gasteiger charge is -2.41. The number of rotatable bonds is 7. The lowest BCUT2D eigenvalue weighted by Crippen LogP contribution is -2.50. The monoisotopic (exact) mass is 431 g/mol. The summed E-state index contributed by atoms with van der Waals surface area (Å²) in [5.41, 5.74) is 1.84. The van der Waals surface area contributed by atoms with Crippen molar-refractivity contribution < 1.29 is 14.3 Å². The summed E-state index contributed by atoms with van der Waals surface area (Å²) in [7, 11) is 0. The molecule has 6 heteroatoms. The van der Waals surface area contributed by atoms with Crippen LogP contribution in [-0.2, 0) is 16.0 Å². The van der Waals surface area contributed by atoms with E-state index in [1.54, 1.807) is 12.4 Å². The molecule has 4 rings (SSSR count). The van der Waals surface area contributed by atoms with Gasteiger partial charge in [0.2, 0.25) is 0 Å². The first kappa shape index (κ1) is 21.8. The van der Waals surface area contributed by atoms with Crippen molar-refractivity contribution in [3.63, 3.8) is 0 Å². The number of benzene rings is 2. The van der Waals surface area contributed by atoms with Gasteiger partial charge in [-0.2, -0.15) is 0 Å². The number of nitrogens with zero attached hydrogens (tertiary/aromatic N) is 2. The van der Waals surface area contributed by atoms with Gasteiger partial charge in [0.15, 0.2) is 0 Å². The molecule has 1 aliphatic rings. The summed E-state index contributed by atoms with van der Waals surface area (Å²) < 4.78 is 5.50. The molecule has 1 N–H and O–H groups in total. The first-order chi connectivity index (χ1) is 15.6. The number of aromatic nitrogens is 2. The van der Waals surface area contributed by atoms with Crippen LogP contribution in [0.4, 0.5) is 0 Å². The quantitative estimate of drug-likeness (QED) is 0.559. The molecule has 1 amide bonds. The van der Waals surface area contributed by atoms with E-state index in [0.29, 0.717) is 37.5 Å². The molecule has 2 aromatic carbocycles. The van der Waals surface area contributed by atoms with Crippen LogP contribution in [-0.4, -0.2) is 46.4 Å². The number of piperidine rings is 1. The molecule has 0 spiro atoms. The number of hydrogen-bond acceptors (Lipinski definition) is 4.